The third kappa shape index (κ3) is 3.31. The fraction of sp³-hybridized carbons (Fsp3) is 0.357. The second-order valence-electron chi connectivity index (χ2n) is 4.83. The molecule has 2 amide bonds. The topological polar surface area (TPSA) is 109 Å². The van der Waals surface area contributed by atoms with Crippen molar-refractivity contribution in [1.29, 1.82) is 0 Å². The lowest BCUT2D eigenvalue weighted by Gasteiger charge is -2.24. The van der Waals surface area contributed by atoms with E-state index in [9.17, 15) is 14.4 Å². The van der Waals surface area contributed by atoms with Crippen molar-refractivity contribution >= 4 is 17.8 Å². The number of rotatable bonds is 3. The van der Waals surface area contributed by atoms with Crippen LogP contribution in [0.2, 0.25) is 0 Å². The van der Waals surface area contributed by atoms with Crippen LogP contribution in [-0.2, 0) is 9.59 Å². The van der Waals surface area contributed by atoms with Crippen molar-refractivity contribution in [3.8, 4) is 0 Å². The smallest absolute Gasteiger partial charge is 0.307 e. The summed E-state index contributed by atoms with van der Waals surface area (Å²) in [6.45, 7) is 1.63. The van der Waals surface area contributed by atoms with Crippen LogP contribution >= 0.6 is 0 Å². The Morgan fingerprint density at radius 3 is 2.43 bits per heavy atom. The predicted octanol–water partition coefficient (Wildman–Crippen LogP) is 1.02. The van der Waals surface area contributed by atoms with Gasteiger partial charge in [0.25, 0.3) is 5.91 Å². The van der Waals surface area contributed by atoms with Gasteiger partial charge in [-0.25, -0.2) is 0 Å². The zero-order valence-corrected chi connectivity index (χ0v) is 11.5. The molecule has 0 unspecified atom stereocenters. The number of hydrogen-bond acceptors (Lipinski definition) is 4. The molecular formula is C14H16N2O5. The number of hydrazine groups is 1. The van der Waals surface area contributed by atoms with Crippen LogP contribution in [0.5, 0.6) is 0 Å². The first-order chi connectivity index (χ1) is 10.0. The average molecular weight is 292 g/mol. The summed E-state index contributed by atoms with van der Waals surface area (Å²) >= 11 is 0. The monoisotopic (exact) mass is 292 g/mol. The first-order valence-electron chi connectivity index (χ1n) is 6.52. The summed E-state index contributed by atoms with van der Waals surface area (Å²) < 4.78 is 5.00. The van der Waals surface area contributed by atoms with Gasteiger partial charge in [-0.1, -0.05) is 12.2 Å². The molecule has 3 N–H and O–H groups in total. The first kappa shape index (κ1) is 14.8. The Bertz CT molecular complexity index is 590. The van der Waals surface area contributed by atoms with Crippen LogP contribution in [0, 0.1) is 18.8 Å². The minimum Gasteiger partial charge on any atom is -0.481 e. The van der Waals surface area contributed by atoms with E-state index in [4.69, 9.17) is 9.52 Å². The molecule has 112 valence electrons. The highest BCUT2D eigenvalue weighted by Crippen LogP contribution is 2.25. The van der Waals surface area contributed by atoms with Crippen molar-refractivity contribution in [2.24, 2.45) is 11.8 Å². The van der Waals surface area contributed by atoms with E-state index in [1.165, 1.54) is 12.3 Å². The molecule has 0 aromatic carbocycles. The maximum absolute atomic E-state index is 12.0. The minimum atomic E-state index is -1.02. The minimum absolute atomic E-state index is 0.308. The van der Waals surface area contributed by atoms with Gasteiger partial charge in [0.2, 0.25) is 5.91 Å². The summed E-state index contributed by atoms with van der Waals surface area (Å²) in [5.41, 5.74) is 4.86. The molecule has 21 heavy (non-hydrogen) atoms. The Labute approximate surface area is 121 Å². The van der Waals surface area contributed by atoms with E-state index in [0.29, 0.717) is 24.2 Å². The SMILES string of the molecule is Cc1occc1C(=O)NNC(=O)[C@H]1CC=CC[C@@H]1C(=O)O. The molecule has 1 heterocycles. The van der Waals surface area contributed by atoms with Crippen LogP contribution in [0.4, 0.5) is 0 Å². The van der Waals surface area contributed by atoms with E-state index in [1.807, 2.05) is 0 Å². The zero-order valence-electron chi connectivity index (χ0n) is 11.5. The molecule has 1 aliphatic carbocycles. The first-order valence-corrected chi connectivity index (χ1v) is 6.52. The van der Waals surface area contributed by atoms with Gasteiger partial charge in [-0.2, -0.15) is 0 Å². The molecule has 0 saturated carbocycles. The van der Waals surface area contributed by atoms with Gasteiger partial charge in [-0.3, -0.25) is 25.2 Å². The fourth-order valence-corrected chi connectivity index (χ4v) is 2.28. The number of aryl methyl sites for hydroxylation is 1. The number of nitrogens with one attached hydrogen (secondary N) is 2. The van der Waals surface area contributed by atoms with E-state index in [0.717, 1.165) is 0 Å². The third-order valence-electron chi connectivity index (χ3n) is 3.49. The van der Waals surface area contributed by atoms with Crippen LogP contribution in [0.3, 0.4) is 0 Å². The lowest BCUT2D eigenvalue weighted by Crippen LogP contribution is -2.47. The Morgan fingerprint density at radius 2 is 1.86 bits per heavy atom. The number of amides is 2. The molecule has 0 radical (unpaired) electrons. The molecule has 0 bridgehead atoms. The lowest BCUT2D eigenvalue weighted by molar-refractivity contribution is -0.147. The Morgan fingerprint density at radius 1 is 1.19 bits per heavy atom. The maximum atomic E-state index is 12.0. The van der Waals surface area contributed by atoms with Gasteiger partial charge in [0.15, 0.2) is 0 Å². The number of carbonyl (C=O) groups is 3. The predicted molar refractivity (Wildman–Crippen MR) is 72.0 cm³/mol. The van der Waals surface area contributed by atoms with Crippen LogP contribution < -0.4 is 10.9 Å². The highest BCUT2D eigenvalue weighted by molar-refractivity contribution is 5.96. The summed E-state index contributed by atoms with van der Waals surface area (Å²) in [6, 6.07) is 1.49. The molecule has 0 aliphatic heterocycles. The van der Waals surface area contributed by atoms with E-state index in [-0.39, 0.29) is 0 Å². The van der Waals surface area contributed by atoms with E-state index in [1.54, 1.807) is 19.1 Å². The van der Waals surface area contributed by atoms with Crippen molar-refractivity contribution in [2.45, 2.75) is 19.8 Å². The van der Waals surface area contributed by atoms with Crippen molar-refractivity contribution < 1.29 is 23.9 Å². The Hall–Kier alpha value is -2.57. The van der Waals surface area contributed by atoms with Gasteiger partial charge in [-0.15, -0.1) is 0 Å². The average Bonchev–Trinajstić information content (AvgIpc) is 2.90. The second kappa shape index (κ2) is 6.25. The molecule has 1 aromatic rings. The molecular weight excluding hydrogens is 276 g/mol. The molecule has 0 spiro atoms. The molecule has 1 aliphatic rings. The summed E-state index contributed by atoms with van der Waals surface area (Å²) in [5.74, 6) is -3.07. The molecule has 7 nitrogen and oxygen atoms in total. The molecule has 1 aromatic heterocycles. The second-order valence-corrected chi connectivity index (χ2v) is 4.83. The van der Waals surface area contributed by atoms with Crippen LogP contribution in [0.25, 0.3) is 0 Å². The number of allylic oxidation sites excluding steroid dienone is 2. The molecule has 7 heteroatoms. The highest BCUT2D eigenvalue weighted by atomic mass is 16.4. The van der Waals surface area contributed by atoms with Gasteiger partial charge >= 0.3 is 5.97 Å². The third-order valence-corrected chi connectivity index (χ3v) is 3.49. The number of furan rings is 1. The summed E-state index contributed by atoms with van der Waals surface area (Å²) in [7, 11) is 0. The number of hydrogen-bond donors (Lipinski definition) is 3. The van der Waals surface area contributed by atoms with Crippen LogP contribution in [0.15, 0.2) is 28.9 Å². The zero-order chi connectivity index (χ0) is 15.4. The van der Waals surface area contributed by atoms with Crippen molar-refractivity contribution in [1.82, 2.24) is 10.9 Å². The molecule has 2 atom stereocenters. The van der Waals surface area contributed by atoms with E-state index >= 15 is 0 Å². The van der Waals surface area contributed by atoms with Crippen molar-refractivity contribution in [3.05, 3.63) is 35.8 Å². The molecule has 0 fully saturated rings. The quantitative estimate of drug-likeness (QED) is 0.569. The van der Waals surface area contributed by atoms with Crippen molar-refractivity contribution in [2.75, 3.05) is 0 Å². The molecule has 0 saturated heterocycles. The summed E-state index contributed by atoms with van der Waals surface area (Å²) in [5, 5.41) is 9.11. The normalized spacial score (nSPS) is 20.8. The van der Waals surface area contributed by atoms with Gasteiger partial charge in [0, 0.05) is 0 Å². The molecule has 2 rings (SSSR count). The largest absolute Gasteiger partial charge is 0.481 e. The van der Waals surface area contributed by atoms with E-state index in [2.05, 4.69) is 10.9 Å². The van der Waals surface area contributed by atoms with Crippen LogP contribution in [0.1, 0.15) is 29.0 Å². The van der Waals surface area contributed by atoms with Gasteiger partial charge in [0.05, 0.1) is 23.7 Å². The van der Waals surface area contributed by atoms with Gasteiger partial charge in [0.1, 0.15) is 5.76 Å². The lowest BCUT2D eigenvalue weighted by atomic mass is 9.82. The Balaban J connectivity index is 1.95. The van der Waals surface area contributed by atoms with Crippen molar-refractivity contribution in [3.63, 3.8) is 0 Å². The highest BCUT2D eigenvalue weighted by Gasteiger charge is 2.34. The maximum Gasteiger partial charge on any atom is 0.307 e. The summed E-state index contributed by atoms with van der Waals surface area (Å²) in [6.07, 6.45) is 5.53. The fourth-order valence-electron chi connectivity index (χ4n) is 2.28. The number of aliphatic carboxylic acids is 1. The van der Waals surface area contributed by atoms with E-state index < -0.39 is 29.6 Å². The number of carboxylic acids is 1. The Kier molecular flexibility index (Phi) is 4.42. The van der Waals surface area contributed by atoms with Crippen LogP contribution in [-0.4, -0.2) is 22.9 Å². The van der Waals surface area contributed by atoms with Gasteiger partial charge in [-0.05, 0) is 25.8 Å². The summed E-state index contributed by atoms with van der Waals surface area (Å²) in [4.78, 5) is 35.0. The number of carboxylic acid groups (broad SMARTS) is 1. The number of carbonyl (C=O) groups excluding carboxylic acids is 2. The van der Waals surface area contributed by atoms with Gasteiger partial charge < -0.3 is 9.52 Å². The standard InChI is InChI=1S/C14H16N2O5/c1-8-9(6-7-21-8)12(17)15-16-13(18)10-4-2-3-5-11(10)14(19)20/h2-3,6-7,10-11H,4-5H2,1H3,(H,15,17)(H,16,18)(H,19,20)/t10-,11-/m0/s1.